The average molecular weight is 298 g/mol. The van der Waals surface area contributed by atoms with Crippen molar-refractivity contribution in [3.63, 3.8) is 0 Å². The number of aryl methyl sites for hydroxylation is 2. The van der Waals surface area contributed by atoms with E-state index in [2.05, 4.69) is 10.4 Å². The molecule has 1 aromatic carbocycles. The molecular formula is C13H16F2N4S. The number of alkyl halides is 2. The first-order valence-electron chi connectivity index (χ1n) is 6.15. The predicted molar refractivity (Wildman–Crippen MR) is 78.6 cm³/mol. The van der Waals surface area contributed by atoms with Crippen molar-refractivity contribution >= 4 is 29.0 Å². The molecule has 20 heavy (non-hydrogen) atoms. The van der Waals surface area contributed by atoms with Crippen LogP contribution in [0.3, 0.4) is 0 Å². The van der Waals surface area contributed by atoms with Crippen LogP contribution in [0.2, 0.25) is 0 Å². The summed E-state index contributed by atoms with van der Waals surface area (Å²) in [6, 6.07) is 6.89. The normalized spacial score (nSPS) is 11.1. The smallest absolute Gasteiger partial charge is 0.288 e. The Labute approximate surface area is 120 Å². The van der Waals surface area contributed by atoms with Crippen LogP contribution in [0.4, 0.5) is 26.0 Å². The summed E-state index contributed by atoms with van der Waals surface area (Å²) in [7, 11) is 1.76. The Bertz CT molecular complexity index is 598. The van der Waals surface area contributed by atoms with Gasteiger partial charge in [-0.1, -0.05) is 30.8 Å². The van der Waals surface area contributed by atoms with Crippen LogP contribution < -0.4 is 11.1 Å². The SMILES string of the molecule is CCc1nn(C)c(Nc2ccccc2SC(F)F)c1N. The second kappa shape index (κ2) is 6.13. The number of hydrogen-bond donors (Lipinski definition) is 2. The zero-order valence-corrected chi connectivity index (χ0v) is 12.0. The van der Waals surface area contributed by atoms with Gasteiger partial charge in [-0.25, -0.2) is 0 Å². The zero-order chi connectivity index (χ0) is 14.7. The molecule has 0 bridgehead atoms. The first kappa shape index (κ1) is 14.6. The Kier molecular flexibility index (Phi) is 4.49. The summed E-state index contributed by atoms with van der Waals surface area (Å²) in [5, 5.41) is 7.38. The fourth-order valence-electron chi connectivity index (χ4n) is 1.90. The standard InChI is InChI=1S/C13H16F2N4S/c1-3-8-11(16)12(19(2)18-8)17-9-6-4-5-7-10(9)20-13(14)15/h4-7,13,17H,3,16H2,1-2H3. The van der Waals surface area contributed by atoms with Crippen LogP contribution in [0, 0.1) is 0 Å². The highest BCUT2D eigenvalue weighted by Crippen LogP contribution is 2.35. The second-order valence-electron chi connectivity index (χ2n) is 4.19. The topological polar surface area (TPSA) is 55.9 Å². The Balaban J connectivity index is 2.33. The molecule has 0 fully saturated rings. The van der Waals surface area contributed by atoms with Crippen LogP contribution in [0.1, 0.15) is 12.6 Å². The molecule has 0 saturated heterocycles. The molecule has 0 amide bonds. The van der Waals surface area contributed by atoms with Crippen molar-refractivity contribution in [2.45, 2.75) is 24.0 Å². The van der Waals surface area contributed by atoms with Gasteiger partial charge in [0.05, 0.1) is 17.1 Å². The Morgan fingerprint density at radius 3 is 2.70 bits per heavy atom. The number of hydrogen-bond acceptors (Lipinski definition) is 4. The molecule has 0 aliphatic rings. The molecule has 0 aliphatic carbocycles. The molecule has 108 valence electrons. The first-order chi connectivity index (χ1) is 9.52. The van der Waals surface area contributed by atoms with E-state index >= 15 is 0 Å². The lowest BCUT2D eigenvalue weighted by Crippen LogP contribution is -2.02. The average Bonchev–Trinajstić information content (AvgIpc) is 2.67. The maximum absolute atomic E-state index is 12.5. The van der Waals surface area contributed by atoms with Gasteiger partial charge in [0.2, 0.25) is 0 Å². The number of para-hydroxylation sites is 1. The number of benzene rings is 1. The van der Waals surface area contributed by atoms with E-state index in [1.54, 1.807) is 36.0 Å². The van der Waals surface area contributed by atoms with Crippen LogP contribution in [0.15, 0.2) is 29.2 Å². The van der Waals surface area contributed by atoms with E-state index in [4.69, 9.17) is 5.73 Å². The molecule has 0 radical (unpaired) electrons. The van der Waals surface area contributed by atoms with Crippen molar-refractivity contribution in [2.75, 3.05) is 11.1 Å². The number of anilines is 3. The fraction of sp³-hybridized carbons (Fsp3) is 0.308. The summed E-state index contributed by atoms with van der Waals surface area (Å²) in [6.45, 7) is 1.96. The lowest BCUT2D eigenvalue weighted by Gasteiger charge is -2.12. The highest BCUT2D eigenvalue weighted by Gasteiger charge is 2.15. The molecule has 0 aliphatic heterocycles. The van der Waals surface area contributed by atoms with Crippen molar-refractivity contribution < 1.29 is 8.78 Å². The number of halogens is 2. The number of thioether (sulfide) groups is 1. The maximum atomic E-state index is 12.5. The molecule has 0 atom stereocenters. The molecule has 3 N–H and O–H groups in total. The number of aromatic nitrogens is 2. The van der Waals surface area contributed by atoms with Gasteiger partial charge in [-0.2, -0.15) is 13.9 Å². The van der Waals surface area contributed by atoms with Gasteiger partial charge in [0.25, 0.3) is 5.76 Å². The number of nitrogens with zero attached hydrogens (tertiary/aromatic N) is 2. The van der Waals surface area contributed by atoms with E-state index in [0.29, 0.717) is 33.9 Å². The van der Waals surface area contributed by atoms with E-state index in [-0.39, 0.29) is 0 Å². The number of rotatable bonds is 5. The number of nitrogen functional groups attached to an aromatic ring is 1. The summed E-state index contributed by atoms with van der Waals surface area (Å²) in [6.07, 6.45) is 0.717. The number of nitrogens with one attached hydrogen (secondary N) is 1. The fourth-order valence-corrected chi connectivity index (χ4v) is 2.50. The molecule has 4 nitrogen and oxygen atoms in total. The largest absolute Gasteiger partial charge is 0.394 e. The monoisotopic (exact) mass is 298 g/mol. The van der Waals surface area contributed by atoms with E-state index in [1.165, 1.54) is 0 Å². The lowest BCUT2D eigenvalue weighted by atomic mass is 10.3. The summed E-state index contributed by atoms with van der Waals surface area (Å²) in [4.78, 5) is 0.473. The molecule has 7 heteroatoms. The van der Waals surface area contributed by atoms with Gasteiger partial charge in [0.1, 0.15) is 0 Å². The van der Waals surface area contributed by atoms with Gasteiger partial charge in [-0.3, -0.25) is 4.68 Å². The van der Waals surface area contributed by atoms with Gasteiger partial charge in [0.15, 0.2) is 5.82 Å². The molecule has 0 spiro atoms. The minimum absolute atomic E-state index is 0.473. The van der Waals surface area contributed by atoms with E-state index < -0.39 is 5.76 Å². The lowest BCUT2D eigenvalue weighted by molar-refractivity contribution is 0.252. The summed E-state index contributed by atoms with van der Waals surface area (Å²) < 4.78 is 26.7. The minimum Gasteiger partial charge on any atom is -0.394 e. The zero-order valence-electron chi connectivity index (χ0n) is 11.2. The first-order valence-corrected chi connectivity index (χ1v) is 7.03. The van der Waals surface area contributed by atoms with Crippen LogP contribution in [0.5, 0.6) is 0 Å². The quantitative estimate of drug-likeness (QED) is 0.828. The number of nitrogens with two attached hydrogens (primary N) is 1. The highest BCUT2D eigenvalue weighted by molar-refractivity contribution is 7.99. The predicted octanol–water partition coefficient (Wildman–Crippen LogP) is 3.62. The van der Waals surface area contributed by atoms with Gasteiger partial charge in [-0.05, 0) is 18.6 Å². The maximum Gasteiger partial charge on any atom is 0.288 e. The van der Waals surface area contributed by atoms with Crippen molar-refractivity contribution in [1.29, 1.82) is 0 Å². The third-order valence-corrected chi connectivity index (χ3v) is 3.64. The van der Waals surface area contributed by atoms with E-state index in [1.807, 2.05) is 6.92 Å². The second-order valence-corrected chi connectivity index (χ2v) is 5.22. The van der Waals surface area contributed by atoms with E-state index in [0.717, 1.165) is 12.1 Å². The van der Waals surface area contributed by atoms with Crippen LogP contribution in [-0.4, -0.2) is 15.5 Å². The Morgan fingerprint density at radius 2 is 2.10 bits per heavy atom. The third-order valence-electron chi connectivity index (χ3n) is 2.85. The summed E-state index contributed by atoms with van der Waals surface area (Å²) >= 11 is 0.502. The summed E-state index contributed by atoms with van der Waals surface area (Å²) in [5.41, 5.74) is 7.94. The Morgan fingerprint density at radius 1 is 1.40 bits per heavy atom. The van der Waals surface area contributed by atoms with Gasteiger partial charge in [0, 0.05) is 11.9 Å². The van der Waals surface area contributed by atoms with Crippen LogP contribution in [-0.2, 0) is 13.5 Å². The summed E-state index contributed by atoms with van der Waals surface area (Å²) in [5.74, 6) is -1.85. The molecule has 2 rings (SSSR count). The minimum atomic E-state index is -2.46. The van der Waals surface area contributed by atoms with Crippen LogP contribution in [0.25, 0.3) is 0 Å². The Hall–Kier alpha value is -1.76. The van der Waals surface area contributed by atoms with Crippen molar-refractivity contribution in [1.82, 2.24) is 9.78 Å². The molecular weight excluding hydrogens is 282 g/mol. The molecule has 1 aromatic heterocycles. The molecule has 0 unspecified atom stereocenters. The van der Waals surface area contributed by atoms with Gasteiger partial charge in [-0.15, -0.1) is 0 Å². The van der Waals surface area contributed by atoms with Crippen molar-refractivity contribution in [3.8, 4) is 0 Å². The van der Waals surface area contributed by atoms with Gasteiger partial charge < -0.3 is 11.1 Å². The molecule has 0 saturated carbocycles. The van der Waals surface area contributed by atoms with E-state index in [9.17, 15) is 8.78 Å². The molecule has 2 aromatic rings. The highest BCUT2D eigenvalue weighted by atomic mass is 32.2. The van der Waals surface area contributed by atoms with Crippen molar-refractivity contribution in [3.05, 3.63) is 30.0 Å². The third kappa shape index (κ3) is 3.04. The van der Waals surface area contributed by atoms with Gasteiger partial charge >= 0.3 is 0 Å². The molecule has 1 heterocycles. The van der Waals surface area contributed by atoms with Crippen LogP contribution >= 0.6 is 11.8 Å². The van der Waals surface area contributed by atoms with Crippen molar-refractivity contribution in [2.24, 2.45) is 7.05 Å².